The van der Waals surface area contributed by atoms with Crippen molar-refractivity contribution in [1.29, 1.82) is 0 Å². The Morgan fingerprint density at radius 3 is 2.55 bits per heavy atom. The third kappa shape index (κ3) is 7.42. The van der Waals surface area contributed by atoms with E-state index in [1.807, 2.05) is 11.4 Å². The van der Waals surface area contributed by atoms with Gasteiger partial charge in [-0.2, -0.15) is 0 Å². The smallest absolute Gasteiger partial charge is 0.338 e. The number of nitrogens with one attached hydrogen (secondary N) is 1. The highest BCUT2D eigenvalue weighted by Gasteiger charge is 2.32. The van der Waals surface area contributed by atoms with Crippen molar-refractivity contribution >= 4 is 69.2 Å². The Hall–Kier alpha value is -3.38. The molecular weight excluding hydrogens is 572 g/mol. The number of benzene rings is 2. The number of thioether (sulfide) groups is 1. The molecule has 2 heterocycles. The Morgan fingerprint density at radius 1 is 1.15 bits per heavy atom. The van der Waals surface area contributed by atoms with Crippen molar-refractivity contribution in [3.63, 3.8) is 0 Å². The van der Waals surface area contributed by atoms with Gasteiger partial charge in [0.15, 0.2) is 0 Å². The van der Waals surface area contributed by atoms with Crippen LogP contribution in [0.1, 0.15) is 48.0 Å². The highest BCUT2D eigenvalue weighted by Crippen LogP contribution is 2.36. The molecule has 3 aromatic rings. The third-order valence-electron chi connectivity index (χ3n) is 5.69. The summed E-state index contributed by atoms with van der Waals surface area (Å²) >= 11 is 7.92. The van der Waals surface area contributed by atoms with Crippen LogP contribution < -0.4 is 5.32 Å². The van der Waals surface area contributed by atoms with Gasteiger partial charge in [-0.25, -0.2) is 9.18 Å². The van der Waals surface area contributed by atoms with Gasteiger partial charge >= 0.3 is 5.97 Å². The number of aliphatic hydroxyl groups is 1. The van der Waals surface area contributed by atoms with Crippen LogP contribution >= 0.6 is 35.3 Å². The number of aliphatic hydroxyl groups excluding tert-OH is 1. The zero-order valence-corrected chi connectivity index (χ0v) is 24.5. The van der Waals surface area contributed by atoms with Gasteiger partial charge in [0.2, 0.25) is 5.91 Å². The van der Waals surface area contributed by atoms with Crippen LogP contribution in [0.5, 0.6) is 0 Å². The number of nitrogens with zero attached hydrogens (tertiary/aromatic N) is 1. The number of esters is 1. The molecule has 0 saturated carbocycles. The van der Waals surface area contributed by atoms with Gasteiger partial charge in [-0.3, -0.25) is 14.5 Å². The molecule has 0 unspecified atom stereocenters. The van der Waals surface area contributed by atoms with Crippen LogP contribution in [0.25, 0.3) is 17.2 Å². The van der Waals surface area contributed by atoms with Crippen LogP contribution in [0.2, 0.25) is 0 Å². The summed E-state index contributed by atoms with van der Waals surface area (Å²) in [6.07, 6.45) is 1.75. The number of thiocarbonyl (C=S) groups is 1. The number of anilines is 1. The van der Waals surface area contributed by atoms with Gasteiger partial charge in [-0.1, -0.05) is 30.0 Å². The SMILES string of the molecule is CC(C)(C)OC(=O)c1ccc(NC(=O)CCN2C(=O)C(=Cc3cc(-c4cc(F)ccc4CO)cs3)SC2=S)cc1. The lowest BCUT2D eigenvalue weighted by Crippen LogP contribution is -2.31. The predicted molar refractivity (Wildman–Crippen MR) is 160 cm³/mol. The van der Waals surface area contributed by atoms with E-state index in [1.54, 1.807) is 57.2 Å². The van der Waals surface area contributed by atoms with Gasteiger partial charge in [0.05, 0.1) is 17.1 Å². The molecule has 2 amide bonds. The van der Waals surface area contributed by atoms with Gasteiger partial charge in [-0.05, 0) is 91.4 Å². The second kappa shape index (κ2) is 12.4. The summed E-state index contributed by atoms with van der Waals surface area (Å²) in [5.41, 5.74) is 2.22. The quantitative estimate of drug-likeness (QED) is 0.180. The minimum Gasteiger partial charge on any atom is -0.456 e. The molecule has 7 nitrogen and oxygen atoms in total. The number of carbonyl (C=O) groups excluding carboxylic acids is 3. The van der Waals surface area contributed by atoms with Crippen molar-refractivity contribution in [1.82, 2.24) is 4.90 Å². The van der Waals surface area contributed by atoms with E-state index in [0.717, 1.165) is 22.2 Å². The minimum atomic E-state index is -0.606. The van der Waals surface area contributed by atoms with Gasteiger partial charge in [-0.15, -0.1) is 11.3 Å². The Bertz CT molecular complexity index is 1490. The minimum absolute atomic E-state index is 0.0280. The van der Waals surface area contributed by atoms with Crippen molar-refractivity contribution in [3.8, 4) is 11.1 Å². The Balaban J connectivity index is 1.35. The molecule has 1 aliphatic rings. The topological polar surface area (TPSA) is 95.9 Å². The van der Waals surface area contributed by atoms with E-state index in [2.05, 4.69) is 5.32 Å². The molecule has 4 rings (SSSR count). The highest BCUT2D eigenvalue weighted by atomic mass is 32.2. The monoisotopic (exact) mass is 598 g/mol. The van der Waals surface area contributed by atoms with Crippen LogP contribution in [0.3, 0.4) is 0 Å². The Labute approximate surface area is 245 Å². The summed E-state index contributed by atoms with van der Waals surface area (Å²) in [4.78, 5) is 40.3. The van der Waals surface area contributed by atoms with Crippen molar-refractivity contribution in [2.75, 3.05) is 11.9 Å². The number of hydrogen-bond donors (Lipinski definition) is 2. The fourth-order valence-electron chi connectivity index (χ4n) is 3.81. The second-order valence-corrected chi connectivity index (χ2v) is 12.5. The first-order chi connectivity index (χ1) is 18.9. The molecule has 2 N–H and O–H groups in total. The number of halogens is 1. The molecule has 208 valence electrons. The molecule has 1 saturated heterocycles. The lowest BCUT2D eigenvalue weighted by molar-refractivity contribution is -0.122. The molecule has 1 aliphatic heterocycles. The summed E-state index contributed by atoms with van der Waals surface area (Å²) in [6, 6.07) is 12.4. The summed E-state index contributed by atoms with van der Waals surface area (Å²) in [5, 5.41) is 14.2. The molecular formula is C29H27FN2O5S3. The molecule has 1 fully saturated rings. The first-order valence-corrected chi connectivity index (χ1v) is 14.4. The predicted octanol–water partition coefficient (Wildman–Crippen LogP) is 6.23. The first-order valence-electron chi connectivity index (χ1n) is 12.3. The maximum Gasteiger partial charge on any atom is 0.338 e. The largest absolute Gasteiger partial charge is 0.456 e. The van der Waals surface area contributed by atoms with E-state index in [9.17, 15) is 23.9 Å². The number of rotatable bonds is 8. The van der Waals surface area contributed by atoms with Crippen molar-refractivity contribution in [2.24, 2.45) is 0 Å². The van der Waals surface area contributed by atoms with Gasteiger partial charge in [0.1, 0.15) is 15.7 Å². The van der Waals surface area contributed by atoms with Crippen molar-refractivity contribution in [2.45, 2.75) is 39.4 Å². The lowest BCUT2D eigenvalue weighted by Gasteiger charge is -2.19. The molecule has 2 aromatic carbocycles. The zero-order valence-electron chi connectivity index (χ0n) is 22.0. The van der Waals surface area contributed by atoms with Gasteiger partial charge < -0.3 is 15.2 Å². The lowest BCUT2D eigenvalue weighted by atomic mass is 10.0. The van der Waals surface area contributed by atoms with E-state index in [-0.39, 0.29) is 31.4 Å². The van der Waals surface area contributed by atoms with E-state index < -0.39 is 17.4 Å². The Kier molecular flexibility index (Phi) is 9.19. The summed E-state index contributed by atoms with van der Waals surface area (Å²) in [7, 11) is 0. The van der Waals surface area contributed by atoms with Crippen LogP contribution in [-0.4, -0.2) is 44.3 Å². The number of ether oxygens (including phenoxy) is 1. The number of carbonyl (C=O) groups is 3. The number of thiophene rings is 1. The van der Waals surface area contributed by atoms with Crippen LogP contribution in [0, 0.1) is 5.82 Å². The molecule has 11 heteroatoms. The number of amides is 2. The van der Waals surface area contributed by atoms with Crippen molar-refractivity contribution in [3.05, 3.63) is 80.6 Å². The molecule has 1 aromatic heterocycles. The highest BCUT2D eigenvalue weighted by molar-refractivity contribution is 8.26. The van der Waals surface area contributed by atoms with E-state index >= 15 is 0 Å². The second-order valence-electron chi connectivity index (χ2n) is 9.91. The average molecular weight is 599 g/mol. The molecule has 40 heavy (non-hydrogen) atoms. The maximum absolute atomic E-state index is 13.8. The standard InChI is InChI=1S/C29H27FN2O5S3/c1-29(2,3)37-27(36)17-5-8-21(9-6-17)31-25(34)10-11-32-26(35)24(40-28(32)38)14-22-12-19(16-39-22)23-13-20(30)7-4-18(23)15-33/h4-9,12-14,16,33H,10-11,15H2,1-3H3,(H,31,34). The Morgan fingerprint density at radius 2 is 1.88 bits per heavy atom. The van der Waals surface area contributed by atoms with Crippen LogP contribution in [-0.2, 0) is 20.9 Å². The van der Waals surface area contributed by atoms with Crippen molar-refractivity contribution < 1.29 is 28.6 Å². The maximum atomic E-state index is 13.8. The van der Waals surface area contributed by atoms with E-state index in [1.165, 1.54) is 28.4 Å². The summed E-state index contributed by atoms with van der Waals surface area (Å²) < 4.78 is 19.5. The molecule has 0 atom stereocenters. The third-order valence-corrected chi connectivity index (χ3v) is 7.94. The fourth-order valence-corrected chi connectivity index (χ4v) is 6.02. The van der Waals surface area contributed by atoms with Crippen LogP contribution in [0.4, 0.5) is 10.1 Å². The fraction of sp³-hybridized carbons (Fsp3) is 0.241. The first kappa shape index (κ1) is 29.6. The van der Waals surface area contributed by atoms with Gasteiger partial charge in [0, 0.05) is 23.5 Å². The van der Waals surface area contributed by atoms with Gasteiger partial charge in [0.25, 0.3) is 5.91 Å². The summed E-state index contributed by atoms with van der Waals surface area (Å²) in [5.74, 6) is -1.44. The molecule has 0 spiro atoms. The number of hydrogen-bond acceptors (Lipinski definition) is 8. The average Bonchev–Trinajstić information content (AvgIpc) is 3.46. The zero-order chi connectivity index (χ0) is 29.0. The van der Waals surface area contributed by atoms with E-state index in [4.69, 9.17) is 17.0 Å². The van der Waals surface area contributed by atoms with E-state index in [0.29, 0.717) is 31.6 Å². The molecule has 0 aliphatic carbocycles. The molecule has 0 radical (unpaired) electrons. The molecule has 0 bridgehead atoms. The summed E-state index contributed by atoms with van der Waals surface area (Å²) in [6.45, 7) is 5.26. The normalized spacial score (nSPS) is 14.6. The van der Waals surface area contributed by atoms with Crippen LogP contribution in [0.15, 0.2) is 58.8 Å².